The van der Waals surface area contributed by atoms with Gasteiger partial charge in [-0.15, -0.1) is 0 Å². The van der Waals surface area contributed by atoms with E-state index in [1.807, 2.05) is 12.1 Å². The molecule has 0 atom stereocenters. The highest BCUT2D eigenvalue weighted by atomic mass is 16.5. The summed E-state index contributed by atoms with van der Waals surface area (Å²) in [4.78, 5) is 6.68. The molecule has 1 aliphatic heterocycles. The van der Waals surface area contributed by atoms with Gasteiger partial charge in [-0.2, -0.15) is 0 Å². The quantitative estimate of drug-likeness (QED) is 0.267. The van der Waals surface area contributed by atoms with Gasteiger partial charge in [0.2, 0.25) is 0 Å². The van der Waals surface area contributed by atoms with E-state index < -0.39 is 0 Å². The molecular formula is C24H42N4O3. The maximum atomic E-state index is 6.00. The number of ether oxygens (including phenoxy) is 3. The van der Waals surface area contributed by atoms with Crippen LogP contribution in [0.4, 0.5) is 0 Å². The summed E-state index contributed by atoms with van der Waals surface area (Å²) in [7, 11) is 3.97. The molecule has 1 saturated heterocycles. The van der Waals surface area contributed by atoms with E-state index in [-0.39, 0.29) is 0 Å². The van der Waals surface area contributed by atoms with E-state index in [4.69, 9.17) is 14.2 Å². The van der Waals surface area contributed by atoms with Gasteiger partial charge in [0.05, 0.1) is 0 Å². The predicted octanol–water partition coefficient (Wildman–Crippen LogP) is 3.05. The molecule has 0 unspecified atom stereocenters. The molecule has 0 bridgehead atoms. The molecule has 0 aliphatic carbocycles. The van der Waals surface area contributed by atoms with Crippen molar-refractivity contribution in [3.63, 3.8) is 0 Å². The summed E-state index contributed by atoms with van der Waals surface area (Å²) in [6.07, 6.45) is 5.49. The van der Waals surface area contributed by atoms with Gasteiger partial charge in [0.25, 0.3) is 0 Å². The third-order valence-corrected chi connectivity index (χ3v) is 5.51. The van der Waals surface area contributed by atoms with Crippen LogP contribution in [-0.2, 0) is 16.0 Å². The second-order valence-corrected chi connectivity index (χ2v) is 7.99. The Morgan fingerprint density at radius 2 is 1.97 bits per heavy atom. The van der Waals surface area contributed by atoms with Crippen molar-refractivity contribution in [2.45, 2.75) is 51.6 Å². The minimum atomic E-state index is 0.607. The van der Waals surface area contributed by atoms with E-state index in [0.717, 1.165) is 76.9 Å². The number of rotatable bonds is 14. The third kappa shape index (κ3) is 10.8. The van der Waals surface area contributed by atoms with E-state index >= 15 is 0 Å². The number of hydrogen-bond donors (Lipinski definition) is 2. The minimum Gasteiger partial charge on any atom is -0.492 e. The number of unbranched alkanes of at least 4 members (excludes halogenated alkanes) is 1. The topological polar surface area (TPSA) is 67.3 Å². The summed E-state index contributed by atoms with van der Waals surface area (Å²) in [6, 6.07) is 8.86. The highest BCUT2D eigenvalue weighted by Crippen LogP contribution is 2.15. The van der Waals surface area contributed by atoms with E-state index in [1.165, 1.54) is 12.0 Å². The summed E-state index contributed by atoms with van der Waals surface area (Å²) < 4.78 is 17.0. The summed E-state index contributed by atoms with van der Waals surface area (Å²) in [6.45, 7) is 8.71. The number of benzene rings is 1. The number of nitrogens with one attached hydrogen (secondary N) is 2. The van der Waals surface area contributed by atoms with Gasteiger partial charge in [-0.3, -0.25) is 9.89 Å². The van der Waals surface area contributed by atoms with Crippen LogP contribution in [0.15, 0.2) is 29.3 Å². The normalized spacial score (nSPS) is 15.3. The third-order valence-electron chi connectivity index (χ3n) is 5.51. The van der Waals surface area contributed by atoms with Crippen molar-refractivity contribution >= 4 is 5.96 Å². The molecule has 2 N–H and O–H groups in total. The van der Waals surface area contributed by atoms with Gasteiger partial charge in [0.1, 0.15) is 12.4 Å². The number of nitrogens with zero attached hydrogens (tertiary/aromatic N) is 2. The first kappa shape index (κ1) is 25.4. The molecule has 1 aliphatic rings. The van der Waals surface area contributed by atoms with Crippen LogP contribution < -0.4 is 15.4 Å². The summed E-state index contributed by atoms with van der Waals surface area (Å²) in [5.41, 5.74) is 1.17. The number of likely N-dealkylation sites (N-methyl/N-ethyl adjacent to an activating group) is 1. The average Bonchev–Trinajstić information content (AvgIpc) is 2.81. The largest absolute Gasteiger partial charge is 0.492 e. The number of hydrogen-bond acceptors (Lipinski definition) is 5. The Kier molecular flexibility index (Phi) is 13.0. The smallest absolute Gasteiger partial charge is 0.191 e. The molecule has 0 saturated carbocycles. The van der Waals surface area contributed by atoms with Crippen molar-refractivity contribution in [3.8, 4) is 5.75 Å². The second kappa shape index (κ2) is 15.9. The Bertz CT molecular complexity index is 621. The standard InChI is InChI=1S/C24H42N4O3/c1-4-5-14-29-15-7-12-26-24(25-2)27-20-21-8-6-9-23(19-21)31-18-13-28(3)22-10-16-30-17-11-22/h6,8-9,19,22H,4-5,7,10-18,20H2,1-3H3,(H2,25,26,27). The van der Waals surface area contributed by atoms with Gasteiger partial charge >= 0.3 is 0 Å². The Morgan fingerprint density at radius 3 is 2.74 bits per heavy atom. The molecule has 0 amide bonds. The lowest BCUT2D eigenvalue weighted by Crippen LogP contribution is -2.38. The van der Waals surface area contributed by atoms with Crippen molar-refractivity contribution in [3.05, 3.63) is 29.8 Å². The fourth-order valence-electron chi connectivity index (χ4n) is 3.50. The fourth-order valence-corrected chi connectivity index (χ4v) is 3.50. The second-order valence-electron chi connectivity index (χ2n) is 7.99. The van der Waals surface area contributed by atoms with Crippen LogP contribution in [0, 0.1) is 0 Å². The predicted molar refractivity (Wildman–Crippen MR) is 127 cm³/mol. The monoisotopic (exact) mass is 434 g/mol. The first-order valence-corrected chi connectivity index (χ1v) is 11.7. The van der Waals surface area contributed by atoms with Gasteiger partial charge in [-0.05, 0) is 50.4 Å². The van der Waals surface area contributed by atoms with Crippen LogP contribution in [-0.4, -0.2) is 77.1 Å². The zero-order chi connectivity index (χ0) is 22.2. The molecule has 31 heavy (non-hydrogen) atoms. The van der Waals surface area contributed by atoms with Crippen molar-refractivity contribution in [1.82, 2.24) is 15.5 Å². The van der Waals surface area contributed by atoms with E-state index in [9.17, 15) is 0 Å². The van der Waals surface area contributed by atoms with Gasteiger partial charge in [-0.25, -0.2) is 0 Å². The Morgan fingerprint density at radius 1 is 1.16 bits per heavy atom. The Hall–Kier alpha value is -1.83. The van der Waals surface area contributed by atoms with Crippen LogP contribution in [0.2, 0.25) is 0 Å². The van der Waals surface area contributed by atoms with Crippen LogP contribution >= 0.6 is 0 Å². The van der Waals surface area contributed by atoms with Gasteiger partial charge in [0, 0.05) is 59.2 Å². The van der Waals surface area contributed by atoms with Crippen molar-refractivity contribution in [1.29, 1.82) is 0 Å². The van der Waals surface area contributed by atoms with E-state index in [0.29, 0.717) is 19.2 Å². The lowest BCUT2D eigenvalue weighted by Gasteiger charge is -2.31. The molecule has 0 radical (unpaired) electrons. The molecule has 176 valence electrons. The highest BCUT2D eigenvalue weighted by molar-refractivity contribution is 5.79. The minimum absolute atomic E-state index is 0.607. The SMILES string of the molecule is CCCCOCCCNC(=NC)NCc1cccc(OCCN(C)C2CCOCC2)c1. The zero-order valence-corrected chi connectivity index (χ0v) is 19.7. The van der Waals surface area contributed by atoms with E-state index in [1.54, 1.807) is 7.05 Å². The van der Waals surface area contributed by atoms with Gasteiger partial charge in [0.15, 0.2) is 5.96 Å². The Balaban J connectivity index is 1.63. The van der Waals surface area contributed by atoms with Crippen molar-refractivity contribution < 1.29 is 14.2 Å². The summed E-state index contributed by atoms with van der Waals surface area (Å²) in [5, 5.41) is 6.70. The first-order chi connectivity index (χ1) is 15.2. The van der Waals surface area contributed by atoms with Gasteiger partial charge < -0.3 is 24.8 Å². The van der Waals surface area contributed by atoms with Crippen LogP contribution in [0.5, 0.6) is 5.75 Å². The molecule has 7 nitrogen and oxygen atoms in total. The molecule has 1 heterocycles. The number of guanidine groups is 1. The summed E-state index contributed by atoms with van der Waals surface area (Å²) in [5.74, 6) is 1.71. The maximum Gasteiger partial charge on any atom is 0.191 e. The molecule has 1 aromatic carbocycles. The molecular weight excluding hydrogens is 392 g/mol. The summed E-state index contributed by atoms with van der Waals surface area (Å²) >= 11 is 0. The molecule has 0 aromatic heterocycles. The average molecular weight is 435 g/mol. The molecule has 2 rings (SSSR count). The molecule has 0 spiro atoms. The first-order valence-electron chi connectivity index (χ1n) is 11.7. The van der Waals surface area contributed by atoms with Crippen LogP contribution in [0.25, 0.3) is 0 Å². The van der Waals surface area contributed by atoms with Crippen molar-refractivity contribution in [2.75, 3.05) is 60.2 Å². The number of aliphatic imine (C=N–C) groups is 1. The van der Waals surface area contributed by atoms with E-state index in [2.05, 4.69) is 46.6 Å². The zero-order valence-electron chi connectivity index (χ0n) is 19.7. The lowest BCUT2D eigenvalue weighted by molar-refractivity contribution is 0.0392. The van der Waals surface area contributed by atoms with Crippen molar-refractivity contribution in [2.24, 2.45) is 4.99 Å². The molecule has 7 heteroatoms. The van der Waals surface area contributed by atoms with Crippen LogP contribution in [0.1, 0.15) is 44.6 Å². The van der Waals surface area contributed by atoms with Gasteiger partial charge in [-0.1, -0.05) is 25.5 Å². The van der Waals surface area contributed by atoms with Crippen LogP contribution in [0.3, 0.4) is 0 Å². The fraction of sp³-hybridized carbons (Fsp3) is 0.708. The lowest BCUT2D eigenvalue weighted by atomic mass is 10.1. The molecule has 1 aromatic rings. The molecule has 1 fully saturated rings. The Labute approximate surface area is 188 Å². The highest BCUT2D eigenvalue weighted by Gasteiger charge is 2.17. The maximum absolute atomic E-state index is 6.00.